The highest BCUT2D eigenvalue weighted by Crippen LogP contribution is 1.73. The maximum Gasteiger partial charge on any atom is 0.252 e. The van der Waals surface area contributed by atoms with Crippen LogP contribution in [0.4, 0.5) is 4.79 Å². The molecular formula is C8H19NO4. The molecule has 0 atom stereocenters. The Labute approximate surface area is 79.5 Å². The van der Waals surface area contributed by atoms with Crippen LogP contribution >= 0.6 is 0 Å². The topological polar surface area (TPSA) is 58.6 Å². The number of methoxy groups -OCH3 is 1. The number of nitrogens with zero attached hydrogens (tertiary/aromatic N) is 1. The second kappa shape index (κ2) is 7.82. The Bertz CT molecular complexity index is 125. The molecule has 0 aliphatic heterocycles. The maximum atomic E-state index is 9.49. The van der Waals surface area contributed by atoms with Crippen LogP contribution in [0.5, 0.6) is 0 Å². The molecule has 0 spiro atoms. The van der Waals surface area contributed by atoms with Crippen molar-refractivity contribution in [3.63, 3.8) is 0 Å². The first-order valence-corrected chi connectivity index (χ1v) is 3.89. The molecule has 5 nitrogen and oxygen atoms in total. The molecule has 0 bridgehead atoms. The minimum absolute atomic E-state index is 0.0405. The first kappa shape index (κ1) is 14.7. The van der Waals surface area contributed by atoms with Crippen LogP contribution in [0.15, 0.2) is 0 Å². The van der Waals surface area contributed by atoms with Crippen LogP contribution in [0.3, 0.4) is 0 Å². The predicted molar refractivity (Wildman–Crippen MR) is 47.2 cm³/mol. The average molecular weight is 193 g/mol. The summed E-state index contributed by atoms with van der Waals surface area (Å²) in [5.74, 6) is 0. The van der Waals surface area contributed by atoms with E-state index >= 15 is 0 Å². The van der Waals surface area contributed by atoms with Gasteiger partial charge in [0.1, 0.15) is 0 Å². The van der Waals surface area contributed by atoms with Crippen molar-refractivity contribution in [1.82, 2.24) is 0 Å². The molecule has 0 fully saturated rings. The van der Waals surface area contributed by atoms with E-state index in [0.717, 1.165) is 4.48 Å². The van der Waals surface area contributed by atoms with Crippen molar-refractivity contribution < 1.29 is 23.9 Å². The van der Waals surface area contributed by atoms with Crippen LogP contribution in [-0.2, 0) is 9.47 Å². The zero-order chi connectivity index (χ0) is 10.9. The summed E-state index contributed by atoms with van der Waals surface area (Å²) < 4.78 is 9.44. The molecule has 0 heterocycles. The number of quaternary nitrogens is 1. The molecule has 0 aromatic carbocycles. The van der Waals surface area contributed by atoms with Gasteiger partial charge in [-0.05, 0) is 0 Å². The number of ether oxygens (including phenoxy) is 2. The Morgan fingerprint density at radius 2 is 1.62 bits per heavy atom. The van der Waals surface area contributed by atoms with Gasteiger partial charge in [0.2, 0.25) is 0 Å². The van der Waals surface area contributed by atoms with E-state index < -0.39 is 6.16 Å². The lowest BCUT2D eigenvalue weighted by atomic mass is 10.8. The summed E-state index contributed by atoms with van der Waals surface area (Å²) in [6.45, 7) is 0.312. The number of rotatable bonds is 3. The van der Waals surface area contributed by atoms with Crippen molar-refractivity contribution in [3.8, 4) is 0 Å². The van der Waals surface area contributed by atoms with Crippen molar-refractivity contribution in [3.05, 3.63) is 0 Å². The van der Waals surface area contributed by atoms with Gasteiger partial charge in [-0.2, -0.15) is 0 Å². The number of hydrogen-bond acceptors (Lipinski definition) is 4. The van der Waals surface area contributed by atoms with E-state index in [1.807, 2.05) is 0 Å². The molecule has 5 heteroatoms. The minimum atomic E-state index is -1.51. The standard InChI is InChI=1S/C4H12N.C4H8O4/c1-5(2,3)4;1-7-2-3-8-4(5)6/h1-4H3;2-3H2,1H3,(H,5,6)/q+1;/p-1. The molecule has 0 aliphatic carbocycles. The van der Waals surface area contributed by atoms with Gasteiger partial charge in [-0.15, -0.1) is 0 Å². The van der Waals surface area contributed by atoms with Gasteiger partial charge in [0, 0.05) is 7.11 Å². The van der Waals surface area contributed by atoms with Crippen LogP contribution in [0.2, 0.25) is 0 Å². The summed E-state index contributed by atoms with van der Waals surface area (Å²) in [5.41, 5.74) is 0. The maximum absolute atomic E-state index is 9.49. The number of hydrogen-bond donors (Lipinski definition) is 0. The zero-order valence-corrected chi connectivity index (χ0v) is 8.99. The Balaban J connectivity index is 0. The van der Waals surface area contributed by atoms with Crippen molar-refractivity contribution in [2.45, 2.75) is 0 Å². The molecule has 0 aliphatic rings. The smallest absolute Gasteiger partial charge is 0.252 e. The van der Waals surface area contributed by atoms with E-state index in [-0.39, 0.29) is 13.2 Å². The summed E-state index contributed by atoms with van der Waals surface area (Å²) in [4.78, 5) is 9.49. The largest absolute Gasteiger partial charge is 0.547 e. The third-order valence-corrected chi connectivity index (χ3v) is 0.507. The normalized spacial score (nSPS) is 9.92. The highest BCUT2D eigenvalue weighted by atomic mass is 16.7. The molecule has 0 N–H and O–H groups in total. The fourth-order valence-corrected chi connectivity index (χ4v) is 0.208. The molecule has 13 heavy (non-hydrogen) atoms. The Morgan fingerprint density at radius 1 is 1.23 bits per heavy atom. The Hall–Kier alpha value is -0.810. The summed E-state index contributed by atoms with van der Waals surface area (Å²) in [7, 11) is 9.96. The van der Waals surface area contributed by atoms with E-state index in [2.05, 4.69) is 37.7 Å². The Kier molecular flexibility index (Phi) is 8.84. The zero-order valence-electron chi connectivity index (χ0n) is 8.99. The SMILES string of the molecule is COCCOC(=O)[O-].C[N+](C)(C)C. The van der Waals surface area contributed by atoms with E-state index in [0.29, 0.717) is 0 Å². The van der Waals surface area contributed by atoms with Crippen LogP contribution in [0.25, 0.3) is 0 Å². The van der Waals surface area contributed by atoms with Crippen molar-refractivity contribution in [2.75, 3.05) is 48.5 Å². The van der Waals surface area contributed by atoms with E-state index in [1.54, 1.807) is 0 Å². The molecule has 0 amide bonds. The first-order valence-electron chi connectivity index (χ1n) is 3.89. The molecule has 0 rings (SSSR count). The first-order chi connectivity index (χ1) is 5.77. The van der Waals surface area contributed by atoms with Crippen molar-refractivity contribution >= 4 is 6.16 Å². The molecule has 0 aromatic rings. The summed E-state index contributed by atoms with van der Waals surface area (Å²) in [6.07, 6.45) is -1.51. The second-order valence-electron chi connectivity index (χ2n) is 3.77. The highest BCUT2D eigenvalue weighted by molar-refractivity contribution is 5.53. The third-order valence-electron chi connectivity index (χ3n) is 0.507. The van der Waals surface area contributed by atoms with E-state index in [4.69, 9.17) is 0 Å². The van der Waals surface area contributed by atoms with Gasteiger partial charge in [0.25, 0.3) is 6.16 Å². The fourth-order valence-electron chi connectivity index (χ4n) is 0.208. The lowest BCUT2D eigenvalue weighted by molar-refractivity contribution is -0.849. The summed E-state index contributed by atoms with van der Waals surface area (Å²) >= 11 is 0. The Morgan fingerprint density at radius 3 is 1.85 bits per heavy atom. The molecule has 0 radical (unpaired) electrons. The van der Waals surface area contributed by atoms with Crippen molar-refractivity contribution in [2.24, 2.45) is 0 Å². The van der Waals surface area contributed by atoms with Gasteiger partial charge in [0.05, 0.1) is 41.4 Å². The molecule has 80 valence electrons. The van der Waals surface area contributed by atoms with Crippen LogP contribution in [0, 0.1) is 0 Å². The quantitative estimate of drug-likeness (QED) is 0.338. The fraction of sp³-hybridized carbons (Fsp3) is 0.875. The molecule has 0 saturated heterocycles. The van der Waals surface area contributed by atoms with Crippen LogP contribution < -0.4 is 5.11 Å². The summed E-state index contributed by atoms with van der Waals surface area (Å²) in [6, 6.07) is 0. The monoisotopic (exact) mass is 193 g/mol. The lowest BCUT2D eigenvalue weighted by Crippen LogP contribution is -2.27. The summed E-state index contributed by atoms with van der Waals surface area (Å²) in [5, 5.41) is 9.49. The van der Waals surface area contributed by atoms with Gasteiger partial charge in [-0.1, -0.05) is 0 Å². The number of carboxylic acid groups (broad SMARTS) is 1. The molecular weight excluding hydrogens is 174 g/mol. The van der Waals surface area contributed by atoms with E-state index in [1.165, 1.54) is 7.11 Å². The van der Waals surface area contributed by atoms with Gasteiger partial charge < -0.3 is 23.9 Å². The molecule has 0 unspecified atom stereocenters. The van der Waals surface area contributed by atoms with Gasteiger partial charge in [0.15, 0.2) is 0 Å². The highest BCUT2D eigenvalue weighted by Gasteiger charge is 1.88. The van der Waals surface area contributed by atoms with Crippen LogP contribution in [0.1, 0.15) is 0 Å². The average Bonchev–Trinajstić information content (AvgIpc) is 1.83. The van der Waals surface area contributed by atoms with Gasteiger partial charge in [-0.25, -0.2) is 0 Å². The van der Waals surface area contributed by atoms with Crippen molar-refractivity contribution in [1.29, 1.82) is 0 Å². The lowest BCUT2D eigenvalue weighted by Gasteiger charge is -2.14. The number of carbonyl (C=O) groups excluding carboxylic acids is 1. The van der Waals surface area contributed by atoms with Gasteiger partial charge in [-0.3, -0.25) is 0 Å². The third kappa shape index (κ3) is 53.8. The van der Waals surface area contributed by atoms with Gasteiger partial charge >= 0.3 is 0 Å². The molecule has 0 aromatic heterocycles. The molecule has 0 saturated carbocycles. The van der Waals surface area contributed by atoms with Crippen LogP contribution in [-0.4, -0.2) is 59.2 Å². The second-order valence-corrected chi connectivity index (χ2v) is 3.77. The minimum Gasteiger partial charge on any atom is -0.547 e. The van der Waals surface area contributed by atoms with E-state index in [9.17, 15) is 9.90 Å². The number of carbonyl (C=O) groups is 1. The predicted octanol–water partition coefficient (Wildman–Crippen LogP) is -0.685.